The molecule has 0 aliphatic rings. The molecule has 0 amide bonds. The van der Waals surface area contributed by atoms with Gasteiger partial charge in [-0.2, -0.15) is 0 Å². The molecule has 0 unspecified atom stereocenters. The molecule has 3 N–H and O–H groups in total. The molecule has 0 atom stereocenters. The lowest BCUT2D eigenvalue weighted by Crippen LogP contribution is -1.90. The number of hydrogen-bond acceptors (Lipinski definition) is 6. The van der Waals surface area contributed by atoms with Gasteiger partial charge in [0.05, 0.1) is 17.8 Å². The Kier molecular flexibility index (Phi) is 7.51. The topological polar surface area (TPSA) is 96.2 Å². The highest BCUT2D eigenvalue weighted by Crippen LogP contribution is 2.32. The molecule has 2 aromatic carbocycles. The monoisotopic (exact) mass is 491 g/mol. The number of rotatable bonds is 7. The quantitative estimate of drug-likeness (QED) is 0.229. The molecule has 0 radical (unpaired) electrons. The van der Waals surface area contributed by atoms with Crippen LogP contribution >= 0.6 is 22.6 Å². The van der Waals surface area contributed by atoms with Crippen LogP contribution in [0.1, 0.15) is 11.1 Å². The van der Waals surface area contributed by atoms with Crippen LogP contribution < -0.4 is 9.47 Å². The van der Waals surface area contributed by atoms with E-state index in [1.165, 1.54) is 32.4 Å². The maximum Gasteiger partial charge on any atom is 0.182 e. The fourth-order valence-corrected chi connectivity index (χ4v) is 2.87. The number of methoxy groups -OCH3 is 2. The summed E-state index contributed by atoms with van der Waals surface area (Å²) in [5.74, 6) is 0.0423. The fourth-order valence-electron chi connectivity index (χ4n) is 2.25. The van der Waals surface area contributed by atoms with Gasteiger partial charge in [-0.15, -0.1) is 0 Å². The van der Waals surface area contributed by atoms with Crippen LogP contribution in [0.25, 0.3) is 12.2 Å². The molecule has 0 bridgehead atoms. The van der Waals surface area contributed by atoms with Crippen LogP contribution in [0.15, 0.2) is 54.3 Å². The number of phenolic OH excluding ortho intramolecular Hbond substituents is 2. The average molecular weight is 491 g/mol. The van der Waals surface area contributed by atoms with Crippen LogP contribution in [-0.4, -0.2) is 35.3 Å². The van der Waals surface area contributed by atoms with Crippen LogP contribution in [0.4, 0.5) is 0 Å². The van der Waals surface area contributed by atoms with Crippen molar-refractivity contribution in [1.29, 1.82) is 0 Å². The number of ketones is 1. The molecule has 2 aromatic rings. The summed E-state index contributed by atoms with van der Waals surface area (Å²) >= 11 is 1.97. The summed E-state index contributed by atoms with van der Waals surface area (Å²) in [5, 5.41) is 29.3. The Balaban J connectivity index is 2.09. The van der Waals surface area contributed by atoms with Crippen LogP contribution in [0.3, 0.4) is 0 Å². The van der Waals surface area contributed by atoms with Crippen LogP contribution in [0, 0.1) is 3.57 Å². The Morgan fingerprint density at radius 1 is 0.964 bits per heavy atom. The normalized spacial score (nSPS) is 11.9. The molecule has 0 aliphatic heterocycles. The van der Waals surface area contributed by atoms with Gasteiger partial charge in [0.2, 0.25) is 0 Å². The number of halogens is 1. The fraction of sp³-hybridized carbons (Fsp3) is 0.0952. The van der Waals surface area contributed by atoms with Crippen LogP contribution in [-0.2, 0) is 4.79 Å². The number of aliphatic hydroxyl groups is 1. The lowest BCUT2D eigenvalue weighted by atomic mass is 10.1. The first kappa shape index (κ1) is 21.4. The minimum absolute atomic E-state index is 0.00850. The lowest BCUT2D eigenvalue weighted by molar-refractivity contribution is -0.110. The highest BCUT2D eigenvalue weighted by atomic mass is 124. The zero-order chi connectivity index (χ0) is 20.7. The molecule has 0 heterocycles. The summed E-state index contributed by atoms with van der Waals surface area (Å²) in [5.41, 5.74) is 1.36. The number of carbonyl (C=O) groups excluding carboxylic acids is 1. The smallest absolute Gasteiger partial charge is 0.182 e. The Morgan fingerprint density at radius 2 is 1.61 bits per heavy atom. The number of hydrogen-bond donors (Lipinski definition) is 3. The van der Waals surface area contributed by atoms with Gasteiger partial charge in [0, 0.05) is 6.08 Å². The summed E-state index contributed by atoms with van der Waals surface area (Å²) in [7, 11) is 2.89. The van der Waals surface area contributed by atoms with Gasteiger partial charge in [0.15, 0.2) is 28.8 Å². The highest BCUT2D eigenvalue weighted by Gasteiger charge is 2.07. The summed E-state index contributed by atoms with van der Waals surface area (Å²) in [4.78, 5) is 12.0. The van der Waals surface area contributed by atoms with E-state index in [4.69, 9.17) is 9.47 Å². The highest BCUT2D eigenvalue weighted by molar-refractivity contribution is 14.1. The third-order valence-corrected chi connectivity index (χ3v) is 4.47. The largest absolute Gasteiger partial charge is 0.508 e. The Labute approximate surface area is 176 Å². The Bertz CT molecular complexity index is 960. The second kappa shape index (κ2) is 9.84. The number of aliphatic hydroxyl groups excluding tert-OH is 1. The van der Waals surface area contributed by atoms with E-state index in [1.54, 1.807) is 36.4 Å². The number of benzene rings is 2. The van der Waals surface area contributed by atoms with Gasteiger partial charge >= 0.3 is 0 Å². The van der Waals surface area contributed by atoms with Crippen LogP contribution in [0.2, 0.25) is 0 Å². The van der Waals surface area contributed by atoms with E-state index in [2.05, 4.69) is 0 Å². The SMILES string of the molecule is COc1cc(/C=C/C(=O)/C=C(O)/C=C/c2cc([124I])c(O)c(OC)c2)ccc1O. The van der Waals surface area contributed by atoms with Crippen LogP contribution in [0.5, 0.6) is 23.0 Å². The first-order valence-corrected chi connectivity index (χ1v) is 9.16. The summed E-state index contributed by atoms with van der Waals surface area (Å²) in [6, 6.07) is 8.00. The van der Waals surface area contributed by atoms with Gasteiger partial charge in [-0.05, 0) is 70.1 Å². The maximum absolute atomic E-state index is 12.0. The van der Waals surface area contributed by atoms with Crippen molar-refractivity contribution in [3.8, 4) is 23.0 Å². The molecule has 7 heteroatoms. The molecule has 0 aliphatic carbocycles. The molecule has 28 heavy (non-hydrogen) atoms. The van der Waals surface area contributed by atoms with Gasteiger partial charge in [0.25, 0.3) is 0 Å². The van der Waals surface area contributed by atoms with Crippen molar-refractivity contribution in [2.24, 2.45) is 0 Å². The molecular weight excluding hydrogens is 472 g/mol. The third-order valence-electron chi connectivity index (χ3n) is 3.65. The Hall–Kier alpha value is -2.94. The van der Waals surface area contributed by atoms with E-state index in [0.29, 0.717) is 26.2 Å². The molecule has 0 fully saturated rings. The summed E-state index contributed by atoms with van der Waals surface area (Å²) in [6.07, 6.45) is 6.88. The van der Waals surface area contributed by atoms with Gasteiger partial charge in [-0.3, -0.25) is 4.79 Å². The predicted octanol–water partition coefficient (Wildman–Crippen LogP) is 4.46. The molecule has 0 aromatic heterocycles. The lowest BCUT2D eigenvalue weighted by Gasteiger charge is -2.06. The zero-order valence-corrected chi connectivity index (χ0v) is 17.4. The molecule has 0 saturated carbocycles. The van der Waals surface area contributed by atoms with Gasteiger partial charge in [-0.1, -0.05) is 18.2 Å². The maximum atomic E-state index is 12.0. The van der Waals surface area contributed by atoms with Gasteiger partial charge in [-0.25, -0.2) is 0 Å². The molecule has 6 nitrogen and oxygen atoms in total. The molecule has 146 valence electrons. The van der Waals surface area contributed by atoms with Crippen molar-refractivity contribution in [1.82, 2.24) is 0 Å². The second-order valence-electron chi connectivity index (χ2n) is 5.62. The van der Waals surface area contributed by atoms with Gasteiger partial charge in [0.1, 0.15) is 5.76 Å². The third kappa shape index (κ3) is 5.78. The second-order valence-corrected chi connectivity index (χ2v) is 6.79. The minimum atomic E-state index is -0.410. The van der Waals surface area contributed by atoms with Crippen molar-refractivity contribution in [2.75, 3.05) is 14.2 Å². The summed E-state index contributed by atoms with van der Waals surface area (Å²) in [6.45, 7) is 0. The minimum Gasteiger partial charge on any atom is -0.508 e. The number of aromatic hydroxyl groups is 2. The van der Waals surface area contributed by atoms with Crippen molar-refractivity contribution in [2.45, 2.75) is 0 Å². The van der Waals surface area contributed by atoms with E-state index < -0.39 is 5.78 Å². The first-order valence-electron chi connectivity index (χ1n) is 8.08. The number of phenols is 2. The molecule has 0 saturated heterocycles. The van der Waals surface area contributed by atoms with Crippen molar-refractivity contribution in [3.05, 3.63) is 69.0 Å². The number of allylic oxidation sites excluding steroid dienone is 3. The van der Waals surface area contributed by atoms with E-state index in [1.807, 2.05) is 22.6 Å². The summed E-state index contributed by atoms with van der Waals surface area (Å²) < 4.78 is 10.7. The molecule has 0 spiro atoms. The van der Waals surface area contributed by atoms with Crippen molar-refractivity contribution < 1.29 is 29.6 Å². The molecular formula is C21H19IO6. The molecule has 2 rings (SSSR count). The van der Waals surface area contributed by atoms with E-state index in [-0.39, 0.29) is 17.3 Å². The average Bonchev–Trinajstić information content (AvgIpc) is 2.68. The number of ether oxygens (including phenoxy) is 2. The van der Waals surface area contributed by atoms with E-state index in [9.17, 15) is 20.1 Å². The van der Waals surface area contributed by atoms with E-state index >= 15 is 0 Å². The van der Waals surface area contributed by atoms with Crippen molar-refractivity contribution in [3.63, 3.8) is 0 Å². The van der Waals surface area contributed by atoms with E-state index in [0.717, 1.165) is 6.08 Å². The van der Waals surface area contributed by atoms with Gasteiger partial charge < -0.3 is 24.8 Å². The standard InChI is InChI=1S/C21H19IO6/c1-27-19-10-13(5-8-18(19)25)3-6-15(23)12-16(24)7-4-14-9-17(22)21(26)20(11-14)28-2/h3-12,24-26H,1-2H3/b6-3+,7-4+,16-12-/i22-3. The number of carbonyl (C=O) groups is 1. The predicted molar refractivity (Wildman–Crippen MR) is 116 cm³/mol. The first-order chi connectivity index (χ1) is 13.3. The zero-order valence-electron chi connectivity index (χ0n) is 15.2. The van der Waals surface area contributed by atoms with Crippen molar-refractivity contribution >= 4 is 40.5 Å². The Morgan fingerprint density at radius 3 is 2.29 bits per heavy atom.